The molecule has 0 aromatic carbocycles. The molecule has 5 nitrogen and oxygen atoms in total. The number of likely N-dealkylation sites (tertiary alicyclic amines) is 1. The van der Waals surface area contributed by atoms with Crippen LogP contribution in [0.2, 0.25) is 0 Å². The molecule has 0 aromatic rings. The first kappa shape index (κ1) is 21.7. The van der Waals surface area contributed by atoms with E-state index in [1.165, 1.54) is 0 Å². The standard InChI is InChI=1S/C21H28F3NO4S/c1-4-25-12-14-15-5-6-18(29-30(27,28)21(22,23)24)20(15,3)10-8-16(14)19(2)9-7-13(26)11-17(19)25/h6,11,14-16H,4-5,7-10,12H2,1-3H3/t14-,15-,16-,19+,20-/m0/s1. The molecule has 0 aromatic heterocycles. The number of hydrogen-bond donors (Lipinski definition) is 0. The molecule has 4 rings (SSSR count). The summed E-state index contributed by atoms with van der Waals surface area (Å²) in [6.45, 7) is 7.57. The zero-order valence-electron chi connectivity index (χ0n) is 17.5. The van der Waals surface area contributed by atoms with Gasteiger partial charge in [0, 0.05) is 42.1 Å². The van der Waals surface area contributed by atoms with Crippen LogP contribution in [0.25, 0.3) is 0 Å². The van der Waals surface area contributed by atoms with Gasteiger partial charge < -0.3 is 9.08 Å². The minimum atomic E-state index is -5.68. The molecule has 0 spiro atoms. The van der Waals surface area contributed by atoms with Gasteiger partial charge in [-0.2, -0.15) is 21.6 Å². The van der Waals surface area contributed by atoms with E-state index in [0.29, 0.717) is 25.2 Å². The Bertz CT molecular complexity index is 925. The monoisotopic (exact) mass is 447 g/mol. The second-order valence-electron chi connectivity index (χ2n) is 9.57. The van der Waals surface area contributed by atoms with E-state index in [4.69, 9.17) is 0 Å². The van der Waals surface area contributed by atoms with Crippen molar-refractivity contribution in [1.82, 2.24) is 4.90 Å². The number of carbonyl (C=O) groups excluding carboxylic acids is 1. The van der Waals surface area contributed by atoms with Crippen LogP contribution >= 0.6 is 0 Å². The predicted octanol–water partition coefficient (Wildman–Crippen LogP) is 4.38. The maximum atomic E-state index is 12.9. The van der Waals surface area contributed by atoms with Crippen molar-refractivity contribution in [2.24, 2.45) is 28.6 Å². The number of alkyl halides is 3. The third kappa shape index (κ3) is 3.02. The fourth-order valence-corrected chi connectivity index (χ4v) is 7.13. The molecule has 1 heterocycles. The minimum absolute atomic E-state index is 0.0136. The Morgan fingerprint density at radius 1 is 1.20 bits per heavy atom. The lowest BCUT2D eigenvalue weighted by Gasteiger charge is -2.60. The van der Waals surface area contributed by atoms with Crippen molar-refractivity contribution in [3.05, 3.63) is 23.6 Å². The lowest BCUT2D eigenvalue weighted by molar-refractivity contribution is -0.119. The maximum Gasteiger partial charge on any atom is 0.534 e. The number of hydrogen-bond acceptors (Lipinski definition) is 5. The van der Waals surface area contributed by atoms with Gasteiger partial charge in [-0.05, 0) is 56.4 Å². The molecule has 1 saturated carbocycles. The van der Waals surface area contributed by atoms with E-state index in [1.54, 1.807) is 12.2 Å². The summed E-state index contributed by atoms with van der Waals surface area (Å²) in [6, 6.07) is 0. The van der Waals surface area contributed by atoms with Crippen molar-refractivity contribution < 1.29 is 30.6 Å². The first-order chi connectivity index (χ1) is 13.8. The Morgan fingerprint density at radius 2 is 1.90 bits per heavy atom. The zero-order chi connectivity index (χ0) is 22.1. The molecule has 5 atom stereocenters. The molecule has 0 amide bonds. The molecule has 1 aliphatic heterocycles. The number of ketones is 1. The van der Waals surface area contributed by atoms with Gasteiger partial charge in [0.15, 0.2) is 5.78 Å². The fourth-order valence-electron chi connectivity index (χ4n) is 6.54. The molecular weight excluding hydrogens is 419 g/mol. The Kier molecular flexibility index (Phi) is 4.88. The summed E-state index contributed by atoms with van der Waals surface area (Å²) in [5, 5.41) is 0. The molecule has 168 valence electrons. The third-order valence-electron chi connectivity index (χ3n) is 8.18. The number of halogens is 3. The average Bonchev–Trinajstić information content (AvgIpc) is 2.97. The van der Waals surface area contributed by atoms with Crippen molar-refractivity contribution in [2.75, 3.05) is 13.1 Å². The number of allylic oxidation sites excluding steroid dienone is 4. The highest BCUT2D eigenvalue weighted by Gasteiger charge is 2.60. The lowest BCUT2D eigenvalue weighted by Crippen LogP contribution is -2.57. The molecule has 0 N–H and O–H groups in total. The van der Waals surface area contributed by atoms with E-state index in [0.717, 1.165) is 31.6 Å². The van der Waals surface area contributed by atoms with Crippen LogP contribution in [0.5, 0.6) is 0 Å². The molecule has 0 radical (unpaired) electrons. The SMILES string of the molecule is CCN1C[C@@H]2[C@H](CC[C@]3(C)C(OS(=O)(=O)C(F)(F)F)=CC[C@@H]23)[C@@]2(C)CCC(=O)C=C12. The van der Waals surface area contributed by atoms with Gasteiger partial charge in [0.2, 0.25) is 0 Å². The van der Waals surface area contributed by atoms with Crippen LogP contribution in [-0.4, -0.2) is 37.7 Å². The number of nitrogens with zero attached hydrogens (tertiary/aromatic N) is 1. The Balaban J connectivity index is 1.65. The quantitative estimate of drug-likeness (QED) is 0.475. The summed E-state index contributed by atoms with van der Waals surface area (Å²) >= 11 is 0. The fraction of sp³-hybridized carbons (Fsp3) is 0.762. The van der Waals surface area contributed by atoms with Gasteiger partial charge >= 0.3 is 15.6 Å². The highest BCUT2D eigenvalue weighted by molar-refractivity contribution is 7.87. The van der Waals surface area contributed by atoms with Gasteiger partial charge in [-0.3, -0.25) is 4.79 Å². The minimum Gasteiger partial charge on any atom is -0.380 e. The zero-order valence-corrected chi connectivity index (χ0v) is 18.3. The van der Waals surface area contributed by atoms with Crippen molar-refractivity contribution in [3.8, 4) is 0 Å². The van der Waals surface area contributed by atoms with Gasteiger partial charge in [-0.15, -0.1) is 0 Å². The molecular formula is C21H28F3NO4S. The summed E-state index contributed by atoms with van der Waals surface area (Å²) < 4.78 is 66.6. The van der Waals surface area contributed by atoms with E-state index in [9.17, 15) is 26.4 Å². The number of piperidine rings is 1. The summed E-state index contributed by atoms with van der Waals surface area (Å²) in [5.74, 6) is 0.613. The molecule has 4 aliphatic rings. The highest BCUT2D eigenvalue weighted by atomic mass is 32.2. The third-order valence-corrected chi connectivity index (χ3v) is 9.14. The van der Waals surface area contributed by atoms with E-state index in [-0.39, 0.29) is 28.8 Å². The molecule has 0 unspecified atom stereocenters. The number of rotatable bonds is 3. The second-order valence-corrected chi connectivity index (χ2v) is 11.1. The highest BCUT2D eigenvalue weighted by Crippen LogP contribution is 2.64. The van der Waals surface area contributed by atoms with Gasteiger partial charge in [0.05, 0.1) is 0 Å². The van der Waals surface area contributed by atoms with Gasteiger partial charge in [0.1, 0.15) is 5.76 Å². The largest absolute Gasteiger partial charge is 0.534 e. The van der Waals surface area contributed by atoms with Crippen LogP contribution in [0.3, 0.4) is 0 Å². The number of carbonyl (C=O) groups is 1. The predicted molar refractivity (Wildman–Crippen MR) is 104 cm³/mol. The lowest BCUT2D eigenvalue weighted by atomic mass is 9.50. The van der Waals surface area contributed by atoms with Crippen molar-refractivity contribution in [2.45, 2.75) is 58.4 Å². The first-order valence-corrected chi connectivity index (χ1v) is 12.0. The Hall–Kier alpha value is -1.51. The molecule has 2 fully saturated rings. The molecule has 9 heteroatoms. The Labute approximate surface area is 175 Å². The average molecular weight is 448 g/mol. The maximum absolute atomic E-state index is 12.9. The Morgan fingerprint density at radius 3 is 2.53 bits per heavy atom. The molecule has 3 aliphatic carbocycles. The summed E-state index contributed by atoms with van der Waals surface area (Å²) in [7, 11) is -5.68. The van der Waals surface area contributed by atoms with Crippen molar-refractivity contribution in [1.29, 1.82) is 0 Å². The van der Waals surface area contributed by atoms with Crippen LogP contribution in [0.4, 0.5) is 13.2 Å². The second kappa shape index (κ2) is 6.74. The van der Waals surface area contributed by atoms with Crippen LogP contribution in [-0.2, 0) is 19.1 Å². The van der Waals surface area contributed by atoms with Crippen LogP contribution < -0.4 is 0 Å². The summed E-state index contributed by atoms with van der Waals surface area (Å²) in [4.78, 5) is 14.3. The molecule has 1 saturated heterocycles. The van der Waals surface area contributed by atoms with Gasteiger partial charge in [-0.1, -0.05) is 13.8 Å². The van der Waals surface area contributed by atoms with E-state index >= 15 is 0 Å². The smallest absolute Gasteiger partial charge is 0.380 e. The summed E-state index contributed by atoms with van der Waals surface area (Å²) in [6.07, 6.45) is 6.47. The summed E-state index contributed by atoms with van der Waals surface area (Å²) in [5.41, 5.74) is -5.23. The van der Waals surface area contributed by atoms with Crippen molar-refractivity contribution >= 4 is 15.9 Å². The number of fused-ring (bicyclic) bond motifs is 5. The van der Waals surface area contributed by atoms with E-state index in [2.05, 4.69) is 16.0 Å². The molecule has 0 bridgehead atoms. The molecule has 30 heavy (non-hydrogen) atoms. The van der Waals surface area contributed by atoms with Crippen molar-refractivity contribution in [3.63, 3.8) is 0 Å². The normalized spacial score (nSPS) is 38.9. The first-order valence-electron chi connectivity index (χ1n) is 10.5. The van der Waals surface area contributed by atoms with Crippen LogP contribution in [0, 0.1) is 28.6 Å². The van der Waals surface area contributed by atoms with Crippen LogP contribution in [0.1, 0.15) is 52.9 Å². The van der Waals surface area contributed by atoms with E-state index in [1.807, 2.05) is 13.8 Å². The van der Waals surface area contributed by atoms with Gasteiger partial charge in [0.25, 0.3) is 0 Å². The van der Waals surface area contributed by atoms with Gasteiger partial charge in [-0.25, -0.2) is 0 Å². The topological polar surface area (TPSA) is 63.7 Å². The van der Waals surface area contributed by atoms with E-state index < -0.39 is 21.0 Å². The van der Waals surface area contributed by atoms with Crippen LogP contribution in [0.15, 0.2) is 23.6 Å².